The number of rotatable bonds is 2. The molecule has 1 saturated heterocycles. The van der Waals surface area contributed by atoms with Gasteiger partial charge in [0.15, 0.2) is 0 Å². The predicted octanol–water partition coefficient (Wildman–Crippen LogP) is 2.34. The van der Waals surface area contributed by atoms with Gasteiger partial charge < -0.3 is 5.11 Å². The van der Waals surface area contributed by atoms with Gasteiger partial charge in [-0.3, -0.25) is 0 Å². The second-order valence-corrected chi connectivity index (χ2v) is 5.70. The first-order valence-electron chi connectivity index (χ1n) is 6.03. The molecule has 5 nitrogen and oxygen atoms in total. The Bertz CT molecular complexity index is 637. The lowest BCUT2D eigenvalue weighted by atomic mass is 10.1. The van der Waals surface area contributed by atoms with Gasteiger partial charge in [0.05, 0.1) is 6.04 Å². The number of hydrogen-bond donors (Lipinski definition) is 1. The number of aromatic carboxylic acids is 1. The van der Waals surface area contributed by atoms with Crippen molar-refractivity contribution in [2.45, 2.75) is 18.9 Å². The standard InChI is InChI=1S/C12H12FN3O2S/c13-8-1-2-9-11(10(8)12(17)18)16(15-14-9)7-3-5-19-6-4-7/h1-2,7H,3-6H2,(H,17,18). The van der Waals surface area contributed by atoms with Crippen LogP contribution in [-0.4, -0.2) is 37.6 Å². The number of aromatic nitrogens is 3. The molecule has 1 N–H and O–H groups in total. The third-order valence-electron chi connectivity index (χ3n) is 3.33. The summed E-state index contributed by atoms with van der Waals surface area (Å²) in [7, 11) is 0. The molecule has 1 aromatic heterocycles. The summed E-state index contributed by atoms with van der Waals surface area (Å²) in [6.07, 6.45) is 1.80. The van der Waals surface area contributed by atoms with E-state index in [-0.39, 0.29) is 11.6 Å². The van der Waals surface area contributed by atoms with Crippen LogP contribution in [0.2, 0.25) is 0 Å². The fourth-order valence-electron chi connectivity index (χ4n) is 2.40. The molecule has 0 radical (unpaired) electrons. The summed E-state index contributed by atoms with van der Waals surface area (Å²) in [6, 6.07) is 2.70. The van der Waals surface area contributed by atoms with Crippen LogP contribution in [-0.2, 0) is 0 Å². The number of carboxylic acids is 1. The number of benzene rings is 1. The summed E-state index contributed by atoms with van der Waals surface area (Å²) < 4.78 is 15.3. The van der Waals surface area contributed by atoms with Crippen molar-refractivity contribution in [2.75, 3.05) is 11.5 Å². The summed E-state index contributed by atoms with van der Waals surface area (Å²) in [5, 5.41) is 17.2. The fraction of sp³-hybridized carbons (Fsp3) is 0.417. The predicted molar refractivity (Wildman–Crippen MR) is 70.0 cm³/mol. The number of fused-ring (bicyclic) bond motifs is 1. The Kier molecular flexibility index (Phi) is 3.14. The quantitative estimate of drug-likeness (QED) is 0.915. The van der Waals surface area contributed by atoms with Crippen molar-refractivity contribution in [2.24, 2.45) is 0 Å². The maximum atomic E-state index is 13.7. The van der Waals surface area contributed by atoms with Crippen molar-refractivity contribution < 1.29 is 14.3 Å². The normalized spacial score (nSPS) is 16.9. The molecule has 1 aromatic carbocycles. The van der Waals surface area contributed by atoms with Gasteiger partial charge in [-0.15, -0.1) is 5.10 Å². The molecule has 0 bridgehead atoms. The van der Waals surface area contributed by atoms with E-state index in [1.807, 2.05) is 11.8 Å². The molecule has 0 amide bonds. The molecule has 100 valence electrons. The van der Waals surface area contributed by atoms with Gasteiger partial charge >= 0.3 is 5.97 Å². The van der Waals surface area contributed by atoms with E-state index in [4.69, 9.17) is 0 Å². The first kappa shape index (κ1) is 12.4. The molecule has 7 heteroatoms. The van der Waals surface area contributed by atoms with Crippen LogP contribution in [0.4, 0.5) is 4.39 Å². The highest BCUT2D eigenvalue weighted by atomic mass is 32.2. The van der Waals surface area contributed by atoms with Gasteiger partial charge in [-0.2, -0.15) is 11.8 Å². The maximum Gasteiger partial charge on any atom is 0.340 e. The van der Waals surface area contributed by atoms with Crippen LogP contribution in [0.1, 0.15) is 29.2 Å². The van der Waals surface area contributed by atoms with E-state index in [1.54, 1.807) is 4.68 Å². The van der Waals surface area contributed by atoms with Gasteiger partial charge in [-0.1, -0.05) is 5.21 Å². The number of nitrogens with zero attached hydrogens (tertiary/aromatic N) is 3. The van der Waals surface area contributed by atoms with Gasteiger partial charge in [-0.05, 0) is 36.5 Å². The minimum atomic E-state index is -1.28. The Morgan fingerprint density at radius 2 is 2.16 bits per heavy atom. The topological polar surface area (TPSA) is 68.0 Å². The smallest absolute Gasteiger partial charge is 0.340 e. The number of carboxylic acid groups (broad SMARTS) is 1. The van der Waals surface area contributed by atoms with E-state index in [0.29, 0.717) is 11.0 Å². The molecule has 0 aliphatic carbocycles. The molecule has 0 atom stereocenters. The Morgan fingerprint density at radius 3 is 2.84 bits per heavy atom. The van der Waals surface area contributed by atoms with Crippen LogP contribution in [0.5, 0.6) is 0 Å². The van der Waals surface area contributed by atoms with Crippen LogP contribution >= 0.6 is 11.8 Å². The molecule has 1 fully saturated rings. The average Bonchev–Trinajstić information content (AvgIpc) is 2.82. The van der Waals surface area contributed by atoms with E-state index in [1.165, 1.54) is 6.07 Å². The van der Waals surface area contributed by atoms with Crippen molar-refractivity contribution in [3.63, 3.8) is 0 Å². The van der Waals surface area contributed by atoms with E-state index in [0.717, 1.165) is 30.4 Å². The maximum absolute atomic E-state index is 13.7. The molecule has 1 aliphatic heterocycles. The molecule has 3 rings (SSSR count). The summed E-state index contributed by atoms with van der Waals surface area (Å²) >= 11 is 1.86. The molecule has 2 heterocycles. The fourth-order valence-corrected chi connectivity index (χ4v) is 3.48. The Balaban J connectivity index is 2.19. The Morgan fingerprint density at radius 1 is 1.42 bits per heavy atom. The molecular weight excluding hydrogens is 269 g/mol. The zero-order valence-electron chi connectivity index (χ0n) is 10.0. The number of thioether (sulfide) groups is 1. The average molecular weight is 281 g/mol. The second-order valence-electron chi connectivity index (χ2n) is 4.47. The lowest BCUT2D eigenvalue weighted by molar-refractivity contribution is 0.0693. The number of carbonyl (C=O) groups is 1. The Hall–Kier alpha value is -1.63. The highest BCUT2D eigenvalue weighted by Crippen LogP contribution is 2.30. The minimum Gasteiger partial charge on any atom is -0.478 e. The zero-order chi connectivity index (χ0) is 13.4. The summed E-state index contributed by atoms with van der Waals surface area (Å²) in [4.78, 5) is 11.3. The van der Waals surface area contributed by atoms with Crippen LogP contribution in [0.15, 0.2) is 12.1 Å². The van der Waals surface area contributed by atoms with Crippen molar-refractivity contribution in [3.8, 4) is 0 Å². The molecule has 1 aliphatic rings. The monoisotopic (exact) mass is 281 g/mol. The summed E-state index contributed by atoms with van der Waals surface area (Å²) in [6.45, 7) is 0. The van der Waals surface area contributed by atoms with E-state index in [2.05, 4.69) is 10.3 Å². The summed E-state index contributed by atoms with van der Waals surface area (Å²) in [5.41, 5.74) is 0.391. The SMILES string of the molecule is O=C(O)c1c(F)ccc2nnn(C3CCSCC3)c12. The highest BCUT2D eigenvalue weighted by Gasteiger charge is 2.24. The number of hydrogen-bond acceptors (Lipinski definition) is 4. The van der Waals surface area contributed by atoms with Crippen LogP contribution in [0, 0.1) is 5.82 Å². The largest absolute Gasteiger partial charge is 0.478 e. The molecule has 2 aromatic rings. The minimum absolute atomic E-state index is 0.103. The first-order valence-corrected chi connectivity index (χ1v) is 7.18. The molecular formula is C12H12FN3O2S. The van der Waals surface area contributed by atoms with Crippen molar-refractivity contribution >= 4 is 28.8 Å². The van der Waals surface area contributed by atoms with Gasteiger partial charge in [0.25, 0.3) is 0 Å². The molecule has 0 saturated carbocycles. The molecule has 19 heavy (non-hydrogen) atoms. The van der Waals surface area contributed by atoms with Gasteiger partial charge in [0.1, 0.15) is 22.4 Å². The van der Waals surface area contributed by atoms with Crippen molar-refractivity contribution in [1.82, 2.24) is 15.0 Å². The van der Waals surface area contributed by atoms with Gasteiger partial charge in [0, 0.05) is 0 Å². The lowest BCUT2D eigenvalue weighted by Gasteiger charge is -2.22. The molecule has 0 unspecified atom stereocenters. The van der Waals surface area contributed by atoms with E-state index in [9.17, 15) is 14.3 Å². The third kappa shape index (κ3) is 2.07. The van der Waals surface area contributed by atoms with Crippen molar-refractivity contribution in [3.05, 3.63) is 23.5 Å². The van der Waals surface area contributed by atoms with E-state index < -0.39 is 11.8 Å². The highest BCUT2D eigenvalue weighted by molar-refractivity contribution is 7.99. The van der Waals surface area contributed by atoms with Crippen molar-refractivity contribution in [1.29, 1.82) is 0 Å². The second kappa shape index (κ2) is 4.80. The Labute approximate surface area is 112 Å². The van der Waals surface area contributed by atoms with Crippen LogP contribution < -0.4 is 0 Å². The van der Waals surface area contributed by atoms with Gasteiger partial charge in [-0.25, -0.2) is 13.9 Å². The summed E-state index contributed by atoms with van der Waals surface area (Å²) in [5.74, 6) is -0.0152. The first-order chi connectivity index (χ1) is 9.18. The lowest BCUT2D eigenvalue weighted by Crippen LogP contribution is -2.18. The molecule has 0 spiro atoms. The number of halogens is 1. The van der Waals surface area contributed by atoms with Crippen LogP contribution in [0.3, 0.4) is 0 Å². The van der Waals surface area contributed by atoms with Gasteiger partial charge in [0.2, 0.25) is 0 Å². The third-order valence-corrected chi connectivity index (χ3v) is 4.38. The van der Waals surface area contributed by atoms with Crippen LogP contribution in [0.25, 0.3) is 11.0 Å². The zero-order valence-corrected chi connectivity index (χ0v) is 10.9. The van der Waals surface area contributed by atoms with E-state index >= 15 is 0 Å².